The van der Waals surface area contributed by atoms with Gasteiger partial charge in [-0.25, -0.2) is 5.43 Å². The van der Waals surface area contributed by atoms with Crippen molar-refractivity contribution >= 4 is 23.0 Å². The molecule has 1 unspecified atom stereocenters. The molecule has 1 amide bonds. The van der Waals surface area contributed by atoms with Crippen LogP contribution in [0.15, 0.2) is 63.9 Å². The van der Waals surface area contributed by atoms with E-state index in [9.17, 15) is 14.9 Å². The summed E-state index contributed by atoms with van der Waals surface area (Å²) in [5, 5.41) is 23.0. The molecule has 0 saturated heterocycles. The van der Waals surface area contributed by atoms with Gasteiger partial charge < -0.3 is 0 Å². The minimum Gasteiger partial charge on any atom is -0.273 e. The second-order valence-electron chi connectivity index (χ2n) is 6.01. The van der Waals surface area contributed by atoms with E-state index in [-0.39, 0.29) is 17.5 Å². The fraction of sp³-hybridized carbons (Fsp3) is 0.222. The zero-order chi connectivity index (χ0) is 18.5. The van der Waals surface area contributed by atoms with E-state index in [1.54, 1.807) is 12.1 Å². The van der Waals surface area contributed by atoms with Crippen molar-refractivity contribution in [3.63, 3.8) is 0 Å². The van der Waals surface area contributed by atoms with E-state index in [4.69, 9.17) is 0 Å². The Morgan fingerprint density at radius 2 is 1.88 bits per heavy atom. The second-order valence-corrected chi connectivity index (χ2v) is 6.01. The van der Waals surface area contributed by atoms with Gasteiger partial charge in [-0.05, 0) is 23.3 Å². The molecule has 0 aliphatic carbocycles. The number of non-ortho nitro benzene ring substituents is 1. The lowest BCUT2D eigenvalue weighted by Crippen LogP contribution is -2.31. The Hall–Kier alpha value is -3.42. The van der Waals surface area contributed by atoms with Crippen LogP contribution < -0.4 is 5.43 Å². The number of nitro benzene ring substituents is 1. The van der Waals surface area contributed by atoms with Crippen molar-refractivity contribution in [2.24, 2.45) is 21.2 Å². The van der Waals surface area contributed by atoms with E-state index < -0.39 is 4.92 Å². The molecule has 1 atom stereocenters. The molecule has 2 aromatic carbocycles. The summed E-state index contributed by atoms with van der Waals surface area (Å²) in [6.07, 6.45) is 0.426. The van der Waals surface area contributed by atoms with Crippen molar-refractivity contribution < 1.29 is 9.72 Å². The number of carbonyl (C=O) groups excluding carboxylic acids is 1. The lowest BCUT2D eigenvalue weighted by Gasteiger charge is -2.19. The molecule has 8 heteroatoms. The highest BCUT2D eigenvalue weighted by Gasteiger charge is 2.21. The summed E-state index contributed by atoms with van der Waals surface area (Å²) >= 11 is 0. The maximum atomic E-state index is 11.3. The van der Waals surface area contributed by atoms with Crippen LogP contribution in [0.4, 0.5) is 11.4 Å². The molecule has 1 heterocycles. The Kier molecular flexibility index (Phi) is 5.12. The SMILES string of the molecule is CC1CC(=O)NN=C1c1ccc(N=NCc2ccc([N+](=O)[O-])cc2)cc1. The lowest BCUT2D eigenvalue weighted by molar-refractivity contribution is -0.384. The fourth-order valence-electron chi connectivity index (χ4n) is 2.62. The average molecular weight is 351 g/mol. The molecule has 8 nitrogen and oxygen atoms in total. The molecule has 26 heavy (non-hydrogen) atoms. The third kappa shape index (κ3) is 4.15. The number of hydrogen-bond donors (Lipinski definition) is 1. The van der Waals surface area contributed by atoms with Crippen LogP contribution >= 0.6 is 0 Å². The van der Waals surface area contributed by atoms with Crippen LogP contribution in [0.5, 0.6) is 0 Å². The van der Waals surface area contributed by atoms with Crippen LogP contribution in [0, 0.1) is 16.0 Å². The normalized spacial score (nSPS) is 17.0. The minimum atomic E-state index is -0.435. The number of nitro groups is 1. The Labute approximate surface area is 149 Å². The van der Waals surface area contributed by atoms with Gasteiger partial charge in [0.1, 0.15) is 0 Å². The van der Waals surface area contributed by atoms with Crippen LogP contribution in [0.3, 0.4) is 0 Å². The molecule has 0 saturated carbocycles. The van der Waals surface area contributed by atoms with E-state index in [1.807, 2.05) is 31.2 Å². The van der Waals surface area contributed by atoms with E-state index in [0.717, 1.165) is 16.8 Å². The Morgan fingerprint density at radius 3 is 2.50 bits per heavy atom. The summed E-state index contributed by atoms with van der Waals surface area (Å²) in [7, 11) is 0. The maximum Gasteiger partial charge on any atom is 0.269 e. The van der Waals surface area contributed by atoms with Gasteiger partial charge in [0.25, 0.3) is 5.69 Å². The van der Waals surface area contributed by atoms with Crippen LogP contribution in [-0.2, 0) is 11.3 Å². The predicted octanol–water partition coefficient (Wildman–Crippen LogP) is 3.74. The number of benzene rings is 2. The molecule has 2 aromatic rings. The van der Waals surface area contributed by atoms with E-state index in [2.05, 4.69) is 20.8 Å². The highest BCUT2D eigenvalue weighted by molar-refractivity contribution is 6.05. The topological polar surface area (TPSA) is 109 Å². The largest absolute Gasteiger partial charge is 0.273 e. The summed E-state index contributed by atoms with van der Waals surface area (Å²) in [4.78, 5) is 21.5. The van der Waals surface area contributed by atoms with Crippen LogP contribution in [0.2, 0.25) is 0 Å². The van der Waals surface area contributed by atoms with Crippen molar-refractivity contribution in [2.75, 3.05) is 0 Å². The van der Waals surface area contributed by atoms with Crippen molar-refractivity contribution in [3.8, 4) is 0 Å². The predicted molar refractivity (Wildman–Crippen MR) is 96.2 cm³/mol. The van der Waals surface area contributed by atoms with Gasteiger partial charge in [-0.2, -0.15) is 15.3 Å². The summed E-state index contributed by atoms with van der Waals surface area (Å²) in [5.74, 6) is -0.00345. The second kappa shape index (κ2) is 7.64. The molecule has 3 rings (SSSR count). The Morgan fingerprint density at radius 1 is 1.19 bits per heavy atom. The number of nitrogens with one attached hydrogen (secondary N) is 1. The summed E-state index contributed by atoms with van der Waals surface area (Å²) in [6, 6.07) is 13.7. The van der Waals surface area contributed by atoms with Gasteiger partial charge in [-0.1, -0.05) is 31.2 Å². The number of carbonyl (C=O) groups is 1. The number of nitrogens with zero attached hydrogens (tertiary/aromatic N) is 4. The zero-order valence-electron chi connectivity index (χ0n) is 14.1. The number of hydrogen-bond acceptors (Lipinski definition) is 6. The first-order valence-corrected chi connectivity index (χ1v) is 8.10. The summed E-state index contributed by atoms with van der Waals surface area (Å²) < 4.78 is 0. The lowest BCUT2D eigenvalue weighted by atomic mass is 9.94. The molecule has 1 aliphatic heterocycles. The number of hydrazone groups is 1. The summed E-state index contributed by atoms with van der Waals surface area (Å²) in [5.41, 5.74) is 5.88. The van der Waals surface area contributed by atoms with Gasteiger partial charge in [-0.15, -0.1) is 0 Å². The third-order valence-electron chi connectivity index (χ3n) is 4.01. The van der Waals surface area contributed by atoms with Gasteiger partial charge in [0.15, 0.2) is 0 Å². The van der Waals surface area contributed by atoms with Gasteiger partial charge in [-0.3, -0.25) is 14.9 Å². The van der Waals surface area contributed by atoms with Gasteiger partial charge in [0, 0.05) is 24.5 Å². The highest BCUT2D eigenvalue weighted by Crippen LogP contribution is 2.20. The smallest absolute Gasteiger partial charge is 0.269 e. The van der Waals surface area contributed by atoms with Crippen LogP contribution in [0.1, 0.15) is 24.5 Å². The van der Waals surface area contributed by atoms with Crippen LogP contribution in [-0.4, -0.2) is 16.5 Å². The number of amides is 1. The quantitative estimate of drug-likeness (QED) is 0.503. The molecule has 0 radical (unpaired) electrons. The van der Waals surface area contributed by atoms with Gasteiger partial charge in [0.2, 0.25) is 5.91 Å². The molecule has 0 fully saturated rings. The van der Waals surface area contributed by atoms with Gasteiger partial charge in [0.05, 0.1) is 22.9 Å². The average Bonchev–Trinajstić information content (AvgIpc) is 2.63. The van der Waals surface area contributed by atoms with Gasteiger partial charge >= 0.3 is 0 Å². The molecule has 132 valence electrons. The standard InChI is InChI=1S/C18H17N5O3/c1-12-10-17(24)21-22-18(12)14-4-6-15(7-5-14)20-19-11-13-2-8-16(9-3-13)23(25)26/h2-9,12H,10-11H2,1H3,(H,21,24). The summed E-state index contributed by atoms with van der Waals surface area (Å²) in [6.45, 7) is 2.31. The molecule has 0 spiro atoms. The molecule has 0 aromatic heterocycles. The first-order valence-electron chi connectivity index (χ1n) is 8.10. The van der Waals surface area contributed by atoms with E-state index in [0.29, 0.717) is 18.7 Å². The van der Waals surface area contributed by atoms with E-state index >= 15 is 0 Å². The first-order chi connectivity index (χ1) is 12.5. The molecule has 1 N–H and O–H groups in total. The third-order valence-corrected chi connectivity index (χ3v) is 4.01. The maximum absolute atomic E-state index is 11.3. The molecule has 0 bridgehead atoms. The zero-order valence-corrected chi connectivity index (χ0v) is 14.1. The number of azo groups is 1. The van der Waals surface area contributed by atoms with E-state index in [1.165, 1.54) is 12.1 Å². The van der Waals surface area contributed by atoms with Crippen molar-refractivity contribution in [3.05, 3.63) is 69.8 Å². The van der Waals surface area contributed by atoms with Crippen molar-refractivity contribution in [1.82, 2.24) is 5.43 Å². The Balaban J connectivity index is 1.63. The van der Waals surface area contributed by atoms with Crippen molar-refractivity contribution in [2.45, 2.75) is 19.9 Å². The van der Waals surface area contributed by atoms with Crippen LogP contribution in [0.25, 0.3) is 0 Å². The van der Waals surface area contributed by atoms with Crippen molar-refractivity contribution in [1.29, 1.82) is 0 Å². The fourth-order valence-corrected chi connectivity index (χ4v) is 2.62. The minimum absolute atomic E-state index is 0.0531. The molecular formula is C18H17N5O3. The first kappa shape index (κ1) is 17.4. The number of rotatable bonds is 5. The Bertz CT molecular complexity index is 873. The molecular weight excluding hydrogens is 334 g/mol. The highest BCUT2D eigenvalue weighted by atomic mass is 16.6. The monoisotopic (exact) mass is 351 g/mol. The molecule has 1 aliphatic rings.